The highest BCUT2D eigenvalue weighted by Crippen LogP contribution is 2.34. The largest absolute Gasteiger partial charge is 0.394 e. The Bertz CT molecular complexity index is 1550. The molecule has 65 heavy (non-hydrogen) atoms. The Balaban J connectivity index is 1.38. The van der Waals surface area contributed by atoms with Crippen molar-refractivity contribution in [1.82, 2.24) is 16.0 Å². The lowest BCUT2D eigenvalue weighted by molar-refractivity contribution is -0.360. The van der Waals surface area contributed by atoms with Gasteiger partial charge in [-0.05, 0) is 0 Å². The molecule has 0 aromatic heterocycles. The maximum absolute atomic E-state index is 12.6. The smallest absolute Gasteiger partial charge is 0.217 e. The number of hydrogen-bond donors (Lipinski definition) is 17. The van der Waals surface area contributed by atoms with Crippen LogP contribution in [0.3, 0.4) is 0 Å². The van der Waals surface area contributed by atoms with E-state index in [-0.39, 0.29) is 0 Å². The van der Waals surface area contributed by atoms with E-state index in [1.807, 2.05) is 0 Å². The molecule has 0 aliphatic carbocycles. The summed E-state index contributed by atoms with van der Waals surface area (Å²) in [7, 11) is 0. The summed E-state index contributed by atoms with van der Waals surface area (Å²) in [4.78, 5) is 37.2. The molecule has 5 saturated heterocycles. The van der Waals surface area contributed by atoms with E-state index >= 15 is 0 Å². The van der Waals surface area contributed by atoms with E-state index in [1.54, 1.807) is 0 Å². The minimum Gasteiger partial charge on any atom is -0.394 e. The Hall–Kier alpha value is -2.51. The maximum atomic E-state index is 12.6. The zero-order chi connectivity index (χ0) is 48.2. The molecule has 3 amide bonds. The van der Waals surface area contributed by atoms with Gasteiger partial charge in [0.25, 0.3) is 0 Å². The molecule has 25 atom stereocenters. The van der Waals surface area contributed by atoms with Crippen molar-refractivity contribution in [1.29, 1.82) is 0 Å². The van der Waals surface area contributed by atoms with Crippen LogP contribution in [0.15, 0.2) is 0 Å². The average molecular weight is 952 g/mol. The van der Waals surface area contributed by atoms with Gasteiger partial charge in [0, 0.05) is 20.8 Å². The van der Waals surface area contributed by atoms with Crippen LogP contribution in [-0.2, 0) is 57.0 Å². The molecule has 0 bridgehead atoms. The number of nitrogens with one attached hydrogen (secondary N) is 3. The first kappa shape index (κ1) is 53.4. The fourth-order valence-electron chi connectivity index (χ4n) is 8.14. The lowest BCUT2D eigenvalue weighted by atomic mass is 9.93. The fraction of sp³-hybridized carbons (Fsp3) is 0.917. The van der Waals surface area contributed by atoms with Gasteiger partial charge in [0.05, 0.1) is 33.0 Å². The molecule has 29 heteroatoms. The van der Waals surface area contributed by atoms with Crippen LogP contribution < -0.4 is 16.0 Å². The summed E-state index contributed by atoms with van der Waals surface area (Å²) >= 11 is 0. The molecule has 0 saturated carbocycles. The molecule has 376 valence electrons. The second-order valence-electron chi connectivity index (χ2n) is 16.2. The van der Waals surface area contributed by atoms with Crippen molar-refractivity contribution < 1.29 is 129 Å². The first-order valence-corrected chi connectivity index (χ1v) is 20.6. The summed E-state index contributed by atoms with van der Waals surface area (Å²) in [5.41, 5.74) is 0. The summed E-state index contributed by atoms with van der Waals surface area (Å²) in [6.07, 6.45) is -39.3. The molecule has 5 fully saturated rings. The molecule has 17 N–H and O–H groups in total. The highest BCUT2D eigenvalue weighted by molar-refractivity contribution is 5.74. The topological polar surface area (TPSA) is 454 Å². The van der Waals surface area contributed by atoms with Crippen LogP contribution in [0.5, 0.6) is 0 Å². The van der Waals surface area contributed by atoms with E-state index in [1.165, 1.54) is 0 Å². The Morgan fingerprint density at radius 2 is 0.785 bits per heavy atom. The van der Waals surface area contributed by atoms with E-state index in [2.05, 4.69) is 16.0 Å². The third-order valence-corrected chi connectivity index (χ3v) is 11.5. The molecule has 5 aliphatic heterocycles. The van der Waals surface area contributed by atoms with Gasteiger partial charge in [-0.25, -0.2) is 0 Å². The van der Waals surface area contributed by atoms with Crippen molar-refractivity contribution in [3.63, 3.8) is 0 Å². The molecule has 5 aliphatic rings. The first-order chi connectivity index (χ1) is 30.7. The Kier molecular flexibility index (Phi) is 19.1. The number of aliphatic hydroxyl groups excluding tert-OH is 14. The van der Waals surface area contributed by atoms with Gasteiger partial charge in [-0.3, -0.25) is 14.4 Å². The lowest BCUT2D eigenvalue weighted by Gasteiger charge is -2.50. The maximum Gasteiger partial charge on any atom is 0.217 e. The molecule has 29 nitrogen and oxygen atoms in total. The normalized spacial score (nSPS) is 47.1. The van der Waals surface area contributed by atoms with Crippen LogP contribution in [0, 0.1) is 0 Å². The molecule has 0 aromatic rings. The summed E-state index contributed by atoms with van der Waals surface area (Å²) in [6, 6.07) is -4.89. The summed E-state index contributed by atoms with van der Waals surface area (Å²) in [5.74, 6) is -2.33. The second-order valence-corrected chi connectivity index (χ2v) is 16.2. The number of hydrogen-bond acceptors (Lipinski definition) is 26. The van der Waals surface area contributed by atoms with Crippen molar-refractivity contribution in [2.75, 3.05) is 33.0 Å². The highest BCUT2D eigenvalue weighted by Gasteiger charge is 2.56. The SMILES string of the molecule is CC(=O)N[C@@H]1[C@@H](O[C@@H]2O[C@H](CO)[C@@H](O)[C@H](O[C@@H]3O[C@H](CO)[C@H](O)[C@H](O)[C@H]3O)[C@H]2NC(C)=O)[C@H](O)[C@@H](CO[C@@H]2O[C@H](CO)[C@@H](O[C@@H]3O[C@H](CO)[C@H](O)[C@H](O)[C@H]3O)[C@H](O)[C@H]2NC(C)=O)O[C@H]1O. The van der Waals surface area contributed by atoms with Crippen molar-refractivity contribution in [2.45, 2.75) is 174 Å². The standard InChI is InChI=1S/C36H61N3O26/c1-9(44)37-17-24(51)29(63-35-27(54)25(52)20(47)12(4-40)60-35)15(7-43)62-33(17)57-8-16-23(50)30(18(32(56)58-16)38-10(2)45)64-34-19(39-11(3)46)31(22(49)14(6-42)59-34)65-36-28(55)26(53)21(48)13(5-41)61-36/h12-36,40-43,47-56H,4-8H2,1-3H3,(H,37,44)(H,38,45)(H,39,46)/t12-,13-,14-,15-,16-,17-,18-,19-,20+,21+,22-,23-,24-,25+,26+,27-,28-,29-,30-,31-,32-,33-,34+,35+,36+/m1/s1. The number of amides is 3. The van der Waals surface area contributed by atoms with Crippen LogP contribution in [0.2, 0.25) is 0 Å². The number of aliphatic hydroxyl groups is 14. The highest BCUT2D eigenvalue weighted by atomic mass is 16.8. The lowest BCUT2D eigenvalue weighted by Crippen LogP contribution is -2.71. The predicted octanol–water partition coefficient (Wildman–Crippen LogP) is -11.5. The van der Waals surface area contributed by atoms with E-state index < -0.39 is 204 Å². The molecule has 5 rings (SSSR count). The monoisotopic (exact) mass is 951 g/mol. The summed E-state index contributed by atoms with van der Waals surface area (Å²) in [5, 5.41) is 155. The number of ether oxygens (including phenoxy) is 9. The van der Waals surface area contributed by atoms with Gasteiger partial charge in [-0.2, -0.15) is 0 Å². The van der Waals surface area contributed by atoms with E-state index in [4.69, 9.17) is 42.6 Å². The first-order valence-electron chi connectivity index (χ1n) is 20.6. The zero-order valence-electron chi connectivity index (χ0n) is 35.1. The molecular weight excluding hydrogens is 890 g/mol. The number of rotatable bonds is 16. The molecule has 0 unspecified atom stereocenters. The van der Waals surface area contributed by atoms with Crippen molar-refractivity contribution in [3.05, 3.63) is 0 Å². The van der Waals surface area contributed by atoms with Gasteiger partial charge in [0.1, 0.15) is 122 Å². The van der Waals surface area contributed by atoms with Crippen molar-refractivity contribution in [2.24, 2.45) is 0 Å². The van der Waals surface area contributed by atoms with Crippen LogP contribution in [0.4, 0.5) is 0 Å². The summed E-state index contributed by atoms with van der Waals surface area (Å²) in [6.45, 7) is -1.19. The molecule has 0 aromatic carbocycles. The number of carbonyl (C=O) groups excluding carboxylic acids is 3. The van der Waals surface area contributed by atoms with Crippen LogP contribution in [-0.4, -0.2) is 276 Å². The summed E-state index contributed by atoms with van der Waals surface area (Å²) < 4.78 is 51.5. The minimum absolute atomic E-state index is 0.752. The molecular formula is C36H61N3O26. The van der Waals surface area contributed by atoms with E-state index in [9.17, 15) is 85.9 Å². The van der Waals surface area contributed by atoms with Gasteiger partial charge in [-0.15, -0.1) is 0 Å². The van der Waals surface area contributed by atoms with Crippen molar-refractivity contribution in [3.8, 4) is 0 Å². The quantitative estimate of drug-likeness (QED) is 0.0683. The molecule has 0 radical (unpaired) electrons. The van der Waals surface area contributed by atoms with E-state index in [0.717, 1.165) is 20.8 Å². The predicted molar refractivity (Wildman–Crippen MR) is 201 cm³/mol. The second kappa shape index (κ2) is 23.2. The Morgan fingerprint density at radius 3 is 1.28 bits per heavy atom. The van der Waals surface area contributed by atoms with Crippen molar-refractivity contribution >= 4 is 17.7 Å². The number of carbonyl (C=O) groups is 3. The Labute approximate surface area is 369 Å². The fourth-order valence-corrected chi connectivity index (χ4v) is 8.14. The average Bonchev–Trinajstić information content (AvgIpc) is 3.25. The molecule has 0 spiro atoms. The van der Waals surface area contributed by atoms with Crippen LogP contribution in [0.1, 0.15) is 20.8 Å². The van der Waals surface area contributed by atoms with Gasteiger partial charge in [0.15, 0.2) is 31.5 Å². The van der Waals surface area contributed by atoms with Gasteiger partial charge >= 0.3 is 0 Å². The third-order valence-electron chi connectivity index (χ3n) is 11.5. The van der Waals surface area contributed by atoms with Crippen LogP contribution >= 0.6 is 0 Å². The van der Waals surface area contributed by atoms with Gasteiger partial charge in [0.2, 0.25) is 17.7 Å². The van der Waals surface area contributed by atoms with E-state index in [0.29, 0.717) is 0 Å². The Morgan fingerprint density at radius 1 is 0.400 bits per heavy atom. The minimum atomic E-state index is -2.03. The van der Waals surface area contributed by atoms with Crippen LogP contribution in [0.25, 0.3) is 0 Å². The van der Waals surface area contributed by atoms with Gasteiger partial charge < -0.3 is 130 Å². The van der Waals surface area contributed by atoms with Gasteiger partial charge in [-0.1, -0.05) is 0 Å². The molecule has 5 heterocycles. The zero-order valence-corrected chi connectivity index (χ0v) is 35.1. The third kappa shape index (κ3) is 12.0.